The summed E-state index contributed by atoms with van der Waals surface area (Å²) in [4.78, 5) is 18.6. The molecule has 0 spiro atoms. The molecule has 1 saturated carbocycles. The van der Waals surface area contributed by atoms with Crippen LogP contribution in [0, 0.1) is 5.92 Å². The minimum absolute atomic E-state index is 0.0946. The zero-order valence-electron chi connectivity index (χ0n) is 11.7. The van der Waals surface area contributed by atoms with E-state index in [1.807, 2.05) is 41.3 Å². The minimum Gasteiger partial charge on any atom is -0.310 e. The van der Waals surface area contributed by atoms with Crippen molar-refractivity contribution in [3.63, 3.8) is 0 Å². The predicted octanol–water partition coefficient (Wildman–Crippen LogP) is 3.72. The Bertz CT molecular complexity index is 626. The Morgan fingerprint density at radius 1 is 1.29 bits per heavy atom. The molecule has 1 aromatic carbocycles. The second-order valence-corrected chi connectivity index (χ2v) is 5.90. The van der Waals surface area contributed by atoms with E-state index < -0.39 is 0 Å². The van der Waals surface area contributed by atoms with Gasteiger partial charge in [0.2, 0.25) is 5.91 Å². The number of amides is 1. The average Bonchev–Trinajstić information content (AvgIpc) is 3.29. The van der Waals surface area contributed by atoms with Gasteiger partial charge in [-0.2, -0.15) is 0 Å². The molecule has 0 saturated heterocycles. The molecule has 0 unspecified atom stereocenters. The number of carbonyl (C=O) groups is 1. The summed E-state index contributed by atoms with van der Waals surface area (Å²) in [5.41, 5.74) is 1.81. The molecular formula is C17H17ClN2O. The highest BCUT2D eigenvalue weighted by atomic mass is 35.5. The summed E-state index contributed by atoms with van der Waals surface area (Å²) >= 11 is 5.98. The molecular weight excluding hydrogens is 284 g/mol. The Labute approximate surface area is 129 Å². The van der Waals surface area contributed by atoms with Gasteiger partial charge >= 0.3 is 0 Å². The molecule has 1 heterocycles. The van der Waals surface area contributed by atoms with Gasteiger partial charge in [-0.3, -0.25) is 9.78 Å². The smallest absolute Gasteiger partial charge is 0.231 e. The van der Waals surface area contributed by atoms with E-state index in [0.29, 0.717) is 17.4 Å². The molecule has 2 aromatic rings. The van der Waals surface area contributed by atoms with Crippen molar-refractivity contribution >= 4 is 23.2 Å². The molecule has 4 heteroatoms. The Hall–Kier alpha value is -1.87. The van der Waals surface area contributed by atoms with Gasteiger partial charge in [0.1, 0.15) is 0 Å². The zero-order chi connectivity index (χ0) is 14.7. The van der Waals surface area contributed by atoms with E-state index in [2.05, 4.69) is 4.98 Å². The van der Waals surface area contributed by atoms with E-state index in [1.165, 1.54) is 12.8 Å². The third-order valence-corrected chi connectivity index (χ3v) is 3.88. The molecule has 1 aliphatic rings. The first-order valence-corrected chi connectivity index (χ1v) is 7.55. The van der Waals surface area contributed by atoms with Crippen molar-refractivity contribution < 1.29 is 4.79 Å². The van der Waals surface area contributed by atoms with E-state index in [-0.39, 0.29) is 5.91 Å². The number of hydrogen-bond donors (Lipinski definition) is 0. The lowest BCUT2D eigenvalue weighted by atomic mass is 10.1. The van der Waals surface area contributed by atoms with Gasteiger partial charge < -0.3 is 4.90 Å². The molecule has 0 bridgehead atoms. The number of carbonyl (C=O) groups excluding carboxylic acids is 1. The van der Waals surface area contributed by atoms with E-state index in [0.717, 1.165) is 17.8 Å². The number of aromatic nitrogens is 1. The second kappa shape index (κ2) is 6.27. The first kappa shape index (κ1) is 14.1. The highest BCUT2D eigenvalue weighted by Gasteiger charge is 2.27. The van der Waals surface area contributed by atoms with Crippen molar-refractivity contribution in [2.24, 2.45) is 5.92 Å². The van der Waals surface area contributed by atoms with Crippen LogP contribution in [-0.4, -0.2) is 17.4 Å². The monoisotopic (exact) mass is 300 g/mol. The largest absolute Gasteiger partial charge is 0.310 e. The second-order valence-electron chi connectivity index (χ2n) is 5.47. The van der Waals surface area contributed by atoms with E-state index in [4.69, 9.17) is 11.6 Å². The molecule has 21 heavy (non-hydrogen) atoms. The van der Waals surface area contributed by atoms with Crippen molar-refractivity contribution in [1.29, 1.82) is 0 Å². The summed E-state index contributed by atoms with van der Waals surface area (Å²) in [5, 5.41) is 0.662. The summed E-state index contributed by atoms with van der Waals surface area (Å²) < 4.78 is 0. The molecule has 1 fully saturated rings. The Balaban J connectivity index is 1.77. The van der Waals surface area contributed by atoms with E-state index in [1.54, 1.807) is 12.4 Å². The molecule has 0 aliphatic heterocycles. The van der Waals surface area contributed by atoms with Gasteiger partial charge in [-0.25, -0.2) is 0 Å². The third kappa shape index (κ3) is 3.82. The summed E-state index contributed by atoms with van der Waals surface area (Å²) in [7, 11) is 0. The third-order valence-electron chi connectivity index (χ3n) is 3.64. The lowest BCUT2D eigenvalue weighted by molar-refractivity contribution is -0.118. The van der Waals surface area contributed by atoms with Gasteiger partial charge in [0.25, 0.3) is 0 Å². The Morgan fingerprint density at radius 3 is 2.81 bits per heavy atom. The number of rotatable bonds is 5. The van der Waals surface area contributed by atoms with Gasteiger partial charge in [0.15, 0.2) is 0 Å². The summed E-state index contributed by atoms with van der Waals surface area (Å²) in [5.74, 6) is 0.727. The molecule has 0 radical (unpaired) electrons. The molecule has 0 atom stereocenters. The van der Waals surface area contributed by atoms with Crippen LogP contribution in [0.15, 0.2) is 48.8 Å². The van der Waals surface area contributed by atoms with Crippen LogP contribution in [0.3, 0.4) is 0 Å². The highest BCUT2D eigenvalue weighted by molar-refractivity contribution is 6.30. The van der Waals surface area contributed by atoms with Crippen molar-refractivity contribution in [3.05, 3.63) is 59.4 Å². The topological polar surface area (TPSA) is 33.2 Å². The first-order chi connectivity index (χ1) is 10.2. The lowest BCUT2D eigenvalue weighted by Crippen LogP contribution is -2.34. The quantitative estimate of drug-likeness (QED) is 0.843. The van der Waals surface area contributed by atoms with Crippen LogP contribution in [0.25, 0.3) is 0 Å². The SMILES string of the molecule is O=C(Cc1cccc(Cl)c1)N(CC1CC1)c1cccnc1. The summed E-state index contributed by atoms with van der Waals surface area (Å²) in [6, 6.07) is 11.3. The van der Waals surface area contributed by atoms with Gasteiger partial charge in [0.05, 0.1) is 18.3 Å². The number of hydrogen-bond acceptors (Lipinski definition) is 2. The maximum absolute atomic E-state index is 12.6. The maximum atomic E-state index is 12.6. The Morgan fingerprint density at radius 2 is 2.14 bits per heavy atom. The van der Waals surface area contributed by atoms with Crippen LogP contribution in [-0.2, 0) is 11.2 Å². The number of halogens is 1. The number of anilines is 1. The van der Waals surface area contributed by atoms with Crippen LogP contribution in [0.4, 0.5) is 5.69 Å². The van der Waals surface area contributed by atoms with Gasteiger partial charge in [-0.15, -0.1) is 0 Å². The van der Waals surface area contributed by atoms with Crippen LogP contribution >= 0.6 is 11.6 Å². The lowest BCUT2D eigenvalue weighted by Gasteiger charge is -2.22. The van der Waals surface area contributed by atoms with E-state index >= 15 is 0 Å². The molecule has 108 valence electrons. The first-order valence-electron chi connectivity index (χ1n) is 7.17. The number of pyridine rings is 1. The van der Waals surface area contributed by atoms with Crippen LogP contribution in [0.5, 0.6) is 0 Å². The number of benzene rings is 1. The fourth-order valence-electron chi connectivity index (χ4n) is 2.34. The predicted molar refractivity (Wildman–Crippen MR) is 84.5 cm³/mol. The van der Waals surface area contributed by atoms with Gasteiger partial charge in [0, 0.05) is 17.8 Å². The van der Waals surface area contributed by atoms with Crippen molar-refractivity contribution in [3.8, 4) is 0 Å². The van der Waals surface area contributed by atoms with E-state index in [9.17, 15) is 4.79 Å². The summed E-state index contributed by atoms with van der Waals surface area (Å²) in [6.07, 6.45) is 6.25. The van der Waals surface area contributed by atoms with Crippen molar-refractivity contribution in [2.45, 2.75) is 19.3 Å². The standard InChI is InChI=1S/C17H17ClN2O/c18-15-4-1-3-14(9-15)10-17(21)20(12-13-6-7-13)16-5-2-8-19-11-16/h1-5,8-9,11,13H,6-7,10,12H2. The zero-order valence-corrected chi connectivity index (χ0v) is 12.5. The summed E-state index contributed by atoms with van der Waals surface area (Å²) in [6.45, 7) is 0.783. The van der Waals surface area contributed by atoms with Crippen LogP contribution < -0.4 is 4.90 Å². The minimum atomic E-state index is 0.0946. The molecule has 1 amide bonds. The van der Waals surface area contributed by atoms with Gasteiger partial charge in [-0.05, 0) is 48.6 Å². The molecule has 3 rings (SSSR count). The van der Waals surface area contributed by atoms with Crippen LogP contribution in [0.2, 0.25) is 5.02 Å². The Kier molecular flexibility index (Phi) is 4.20. The van der Waals surface area contributed by atoms with Crippen molar-refractivity contribution in [1.82, 2.24) is 4.98 Å². The highest BCUT2D eigenvalue weighted by Crippen LogP contribution is 2.31. The average molecular weight is 301 g/mol. The molecule has 1 aliphatic carbocycles. The fraction of sp³-hybridized carbons (Fsp3) is 0.294. The van der Waals surface area contributed by atoms with Gasteiger partial charge in [-0.1, -0.05) is 23.7 Å². The molecule has 3 nitrogen and oxygen atoms in total. The van der Waals surface area contributed by atoms with Crippen molar-refractivity contribution in [2.75, 3.05) is 11.4 Å². The van der Waals surface area contributed by atoms with Crippen LogP contribution in [0.1, 0.15) is 18.4 Å². The normalized spacial score (nSPS) is 14.0. The molecule has 1 aromatic heterocycles. The maximum Gasteiger partial charge on any atom is 0.231 e. The fourth-order valence-corrected chi connectivity index (χ4v) is 2.55. The molecule has 0 N–H and O–H groups in total. The number of nitrogens with zero attached hydrogens (tertiary/aromatic N) is 2.